The molecule has 0 fully saturated rings. The summed E-state index contributed by atoms with van der Waals surface area (Å²) in [7, 11) is 0. The van der Waals surface area contributed by atoms with E-state index in [1.54, 1.807) is 0 Å². The van der Waals surface area contributed by atoms with Gasteiger partial charge in [0.15, 0.2) is 5.78 Å². The molecule has 1 nitrogen and oxygen atoms in total. The van der Waals surface area contributed by atoms with E-state index >= 15 is 0 Å². The molecule has 2 rings (SSSR count). The summed E-state index contributed by atoms with van der Waals surface area (Å²) in [5.74, 6) is 0.281. The molecule has 0 saturated carbocycles. The van der Waals surface area contributed by atoms with E-state index in [0.29, 0.717) is 0 Å². The van der Waals surface area contributed by atoms with Crippen molar-refractivity contribution in [1.29, 1.82) is 0 Å². The van der Waals surface area contributed by atoms with Gasteiger partial charge in [-0.3, -0.25) is 4.79 Å². The fourth-order valence-electron chi connectivity index (χ4n) is 1.93. The van der Waals surface area contributed by atoms with Crippen molar-refractivity contribution in [1.82, 2.24) is 0 Å². The van der Waals surface area contributed by atoms with E-state index in [-0.39, 0.29) is 11.7 Å². The molecule has 16 heavy (non-hydrogen) atoms. The second-order valence-electron chi connectivity index (χ2n) is 4.53. The van der Waals surface area contributed by atoms with E-state index < -0.39 is 0 Å². The van der Waals surface area contributed by atoms with E-state index in [0.717, 1.165) is 16.5 Å². The average molecular weight is 212 g/mol. The van der Waals surface area contributed by atoms with Crippen molar-refractivity contribution in [2.75, 3.05) is 0 Å². The summed E-state index contributed by atoms with van der Waals surface area (Å²) in [5, 5.41) is 2.33. The molecule has 0 N–H and O–H groups in total. The highest BCUT2D eigenvalue weighted by Gasteiger charge is 2.13. The van der Waals surface area contributed by atoms with Crippen LogP contribution in [-0.2, 0) is 0 Å². The monoisotopic (exact) mass is 212 g/mol. The van der Waals surface area contributed by atoms with Gasteiger partial charge in [0.1, 0.15) is 0 Å². The van der Waals surface area contributed by atoms with Gasteiger partial charge in [-0.15, -0.1) is 0 Å². The second kappa shape index (κ2) is 4.09. The molecule has 82 valence electrons. The maximum Gasteiger partial charge on any atom is 0.165 e. The van der Waals surface area contributed by atoms with Gasteiger partial charge in [0.2, 0.25) is 0 Å². The number of fused-ring (bicyclic) bond motifs is 1. The van der Waals surface area contributed by atoms with Crippen LogP contribution in [-0.4, -0.2) is 5.78 Å². The van der Waals surface area contributed by atoms with E-state index in [2.05, 4.69) is 12.1 Å². The summed E-state index contributed by atoms with van der Waals surface area (Å²) < 4.78 is 0. The van der Waals surface area contributed by atoms with Gasteiger partial charge in [0.05, 0.1) is 0 Å². The standard InChI is InChI=1S/C15H16O/c1-10(2)15(16)14-9-13-7-5-4-6-12(13)8-11(14)3/h4-10H,1-3H3. The first-order valence-electron chi connectivity index (χ1n) is 5.63. The minimum absolute atomic E-state index is 0.0554. The maximum atomic E-state index is 12.0. The molecule has 0 aliphatic carbocycles. The highest BCUT2D eigenvalue weighted by Crippen LogP contribution is 2.21. The lowest BCUT2D eigenvalue weighted by Gasteiger charge is -2.09. The van der Waals surface area contributed by atoms with Crippen LogP contribution < -0.4 is 0 Å². The Hall–Kier alpha value is -1.63. The van der Waals surface area contributed by atoms with Gasteiger partial charge in [-0.25, -0.2) is 0 Å². The second-order valence-corrected chi connectivity index (χ2v) is 4.53. The number of carbonyl (C=O) groups is 1. The molecule has 0 unspecified atom stereocenters. The lowest BCUT2D eigenvalue weighted by Crippen LogP contribution is -2.09. The smallest absolute Gasteiger partial charge is 0.165 e. The lowest BCUT2D eigenvalue weighted by atomic mass is 9.94. The fraction of sp³-hybridized carbons (Fsp3) is 0.267. The Kier molecular flexibility index (Phi) is 2.78. The van der Waals surface area contributed by atoms with Crippen LogP contribution in [0.25, 0.3) is 10.8 Å². The van der Waals surface area contributed by atoms with E-state index in [9.17, 15) is 4.79 Å². The molecule has 2 aromatic carbocycles. The zero-order valence-corrected chi connectivity index (χ0v) is 9.95. The van der Waals surface area contributed by atoms with Gasteiger partial charge in [0, 0.05) is 11.5 Å². The Morgan fingerprint density at radius 1 is 1.06 bits per heavy atom. The minimum Gasteiger partial charge on any atom is -0.294 e. The molecule has 2 aromatic rings. The Morgan fingerprint density at radius 2 is 1.62 bits per heavy atom. The summed E-state index contributed by atoms with van der Waals surface area (Å²) in [6, 6.07) is 12.2. The summed E-state index contributed by atoms with van der Waals surface area (Å²) in [4.78, 5) is 12.0. The third kappa shape index (κ3) is 1.85. The molecule has 0 saturated heterocycles. The van der Waals surface area contributed by atoms with Crippen LogP contribution in [0.4, 0.5) is 0 Å². The third-order valence-corrected chi connectivity index (χ3v) is 2.88. The summed E-state index contributed by atoms with van der Waals surface area (Å²) in [6.45, 7) is 5.88. The van der Waals surface area contributed by atoms with Gasteiger partial charge in [0.25, 0.3) is 0 Å². The van der Waals surface area contributed by atoms with E-state index in [1.165, 1.54) is 5.39 Å². The molecule has 0 aliphatic heterocycles. The number of carbonyl (C=O) groups excluding carboxylic acids is 1. The van der Waals surface area contributed by atoms with Crippen LogP contribution in [0.3, 0.4) is 0 Å². The zero-order chi connectivity index (χ0) is 11.7. The number of rotatable bonds is 2. The Labute approximate surface area is 96.1 Å². The molecular formula is C15H16O. The topological polar surface area (TPSA) is 17.1 Å². The normalized spacial score (nSPS) is 11.0. The van der Waals surface area contributed by atoms with Crippen LogP contribution in [0.15, 0.2) is 36.4 Å². The Balaban J connectivity index is 2.63. The number of Topliss-reactive ketones (excluding diaryl/α,β-unsaturated/α-hetero) is 1. The van der Waals surface area contributed by atoms with E-state index in [4.69, 9.17) is 0 Å². The third-order valence-electron chi connectivity index (χ3n) is 2.88. The van der Waals surface area contributed by atoms with Crippen molar-refractivity contribution >= 4 is 16.6 Å². The Bertz CT molecular complexity index is 538. The lowest BCUT2D eigenvalue weighted by molar-refractivity contribution is 0.0939. The van der Waals surface area contributed by atoms with Gasteiger partial charge in [-0.2, -0.15) is 0 Å². The van der Waals surface area contributed by atoms with Gasteiger partial charge in [-0.05, 0) is 29.3 Å². The summed E-state index contributed by atoms with van der Waals surface area (Å²) in [6.07, 6.45) is 0. The van der Waals surface area contributed by atoms with Crippen LogP contribution in [0.5, 0.6) is 0 Å². The fourth-order valence-corrected chi connectivity index (χ4v) is 1.93. The molecular weight excluding hydrogens is 196 g/mol. The molecule has 0 atom stereocenters. The minimum atomic E-state index is 0.0554. The SMILES string of the molecule is Cc1cc2ccccc2cc1C(=O)C(C)C. The quantitative estimate of drug-likeness (QED) is 0.688. The average Bonchev–Trinajstić information content (AvgIpc) is 2.27. The first kappa shape index (κ1) is 10.9. The summed E-state index contributed by atoms with van der Waals surface area (Å²) in [5.41, 5.74) is 1.92. The van der Waals surface area contributed by atoms with Crippen molar-refractivity contribution in [3.63, 3.8) is 0 Å². The van der Waals surface area contributed by atoms with Crippen molar-refractivity contribution < 1.29 is 4.79 Å². The molecule has 0 spiro atoms. The van der Waals surface area contributed by atoms with Crippen molar-refractivity contribution in [2.45, 2.75) is 20.8 Å². The van der Waals surface area contributed by atoms with Crippen LogP contribution >= 0.6 is 0 Å². The van der Waals surface area contributed by atoms with Gasteiger partial charge >= 0.3 is 0 Å². The number of hydrogen-bond acceptors (Lipinski definition) is 1. The number of benzene rings is 2. The van der Waals surface area contributed by atoms with Crippen molar-refractivity contribution in [3.8, 4) is 0 Å². The maximum absolute atomic E-state index is 12.0. The first-order chi connectivity index (χ1) is 7.59. The summed E-state index contributed by atoms with van der Waals surface area (Å²) >= 11 is 0. The van der Waals surface area contributed by atoms with E-state index in [1.807, 2.05) is 45.0 Å². The first-order valence-corrected chi connectivity index (χ1v) is 5.63. The largest absolute Gasteiger partial charge is 0.294 e. The zero-order valence-electron chi connectivity index (χ0n) is 9.95. The Morgan fingerprint density at radius 3 is 2.19 bits per heavy atom. The van der Waals surface area contributed by atoms with Gasteiger partial charge < -0.3 is 0 Å². The van der Waals surface area contributed by atoms with Crippen molar-refractivity contribution in [3.05, 3.63) is 47.5 Å². The molecule has 1 heteroatoms. The molecule has 0 heterocycles. The molecule has 0 bridgehead atoms. The highest BCUT2D eigenvalue weighted by atomic mass is 16.1. The predicted molar refractivity (Wildman–Crippen MR) is 67.9 cm³/mol. The number of ketones is 1. The molecule has 0 aromatic heterocycles. The van der Waals surface area contributed by atoms with Crippen LogP contribution in [0.2, 0.25) is 0 Å². The molecule has 0 amide bonds. The van der Waals surface area contributed by atoms with Crippen molar-refractivity contribution in [2.24, 2.45) is 5.92 Å². The van der Waals surface area contributed by atoms with Crippen LogP contribution in [0, 0.1) is 12.8 Å². The predicted octanol–water partition coefficient (Wildman–Crippen LogP) is 3.99. The van der Waals surface area contributed by atoms with Crippen LogP contribution in [0.1, 0.15) is 29.8 Å². The number of hydrogen-bond donors (Lipinski definition) is 0. The molecule has 0 aliphatic rings. The highest BCUT2D eigenvalue weighted by molar-refractivity contribution is 6.02. The molecule has 0 radical (unpaired) electrons. The van der Waals surface area contributed by atoms with Gasteiger partial charge in [-0.1, -0.05) is 44.2 Å². The number of aryl methyl sites for hydroxylation is 1.